The zero-order valence-corrected chi connectivity index (χ0v) is 12.9. The van der Waals surface area contributed by atoms with Crippen LogP contribution in [0.3, 0.4) is 0 Å². The van der Waals surface area contributed by atoms with Gasteiger partial charge in [-0.1, -0.05) is 15.9 Å². The fourth-order valence-electron chi connectivity index (χ4n) is 1.69. The minimum Gasteiger partial charge on any atom is -0.457 e. The average molecular weight is 357 g/mol. The number of non-ortho nitro benzene ring substituents is 1. The van der Waals surface area contributed by atoms with E-state index in [0.717, 1.165) is 10.0 Å². The third-order valence-corrected chi connectivity index (χ3v) is 3.93. The van der Waals surface area contributed by atoms with Gasteiger partial charge in [0.1, 0.15) is 11.5 Å². The molecule has 0 amide bonds. The number of rotatable bonds is 4. The van der Waals surface area contributed by atoms with Gasteiger partial charge in [-0.2, -0.15) is 0 Å². The lowest BCUT2D eigenvalue weighted by molar-refractivity contribution is -0.384. The Kier molecular flexibility index (Phi) is 4.62. The number of nitro groups is 1. The first-order chi connectivity index (χ1) is 9.51. The van der Waals surface area contributed by atoms with Crippen LogP contribution in [0, 0.1) is 17.0 Å². The number of aryl methyl sites for hydroxylation is 1. The second kappa shape index (κ2) is 6.24. The molecule has 0 saturated carbocycles. The summed E-state index contributed by atoms with van der Waals surface area (Å²) in [7, 11) is 0. The predicted octanol–water partition coefficient (Wildman–Crippen LogP) is 5.20. The summed E-state index contributed by atoms with van der Waals surface area (Å²) in [5.74, 6) is 1.32. The zero-order valence-electron chi connectivity index (χ0n) is 10.6. The maximum atomic E-state index is 10.7. The average Bonchev–Trinajstić information content (AvgIpc) is 2.43. The van der Waals surface area contributed by atoms with Crippen LogP contribution in [0.25, 0.3) is 0 Å². The molecule has 0 aliphatic heterocycles. The normalized spacial score (nSPS) is 10.3. The lowest BCUT2D eigenvalue weighted by Crippen LogP contribution is -1.94. The minimum atomic E-state index is -0.455. The van der Waals surface area contributed by atoms with Gasteiger partial charge in [0.05, 0.1) is 10.8 Å². The number of benzene rings is 2. The van der Waals surface area contributed by atoms with Gasteiger partial charge < -0.3 is 4.74 Å². The van der Waals surface area contributed by atoms with E-state index in [2.05, 4.69) is 15.9 Å². The first-order valence-corrected chi connectivity index (χ1v) is 7.11. The third-order valence-electron chi connectivity index (χ3n) is 2.76. The van der Waals surface area contributed by atoms with Gasteiger partial charge >= 0.3 is 0 Å². The highest BCUT2D eigenvalue weighted by molar-refractivity contribution is 9.10. The summed E-state index contributed by atoms with van der Waals surface area (Å²) >= 11 is 9.24. The van der Waals surface area contributed by atoms with Crippen LogP contribution in [0.4, 0.5) is 5.69 Å². The summed E-state index contributed by atoms with van der Waals surface area (Å²) in [5.41, 5.74) is 1.62. The van der Waals surface area contributed by atoms with Crippen LogP contribution in [-0.4, -0.2) is 4.92 Å². The third kappa shape index (κ3) is 3.29. The Morgan fingerprint density at radius 1 is 1.30 bits per heavy atom. The van der Waals surface area contributed by atoms with Gasteiger partial charge in [0.2, 0.25) is 0 Å². The van der Waals surface area contributed by atoms with Crippen LogP contribution in [0.15, 0.2) is 40.9 Å². The Morgan fingerprint density at radius 2 is 2.05 bits per heavy atom. The Balaban J connectivity index is 2.32. The van der Waals surface area contributed by atoms with Gasteiger partial charge in [-0.05, 0) is 36.8 Å². The molecule has 4 nitrogen and oxygen atoms in total. The number of halogens is 2. The molecule has 0 heterocycles. The van der Waals surface area contributed by atoms with Gasteiger partial charge in [-0.15, -0.1) is 11.6 Å². The molecular formula is C14H11BrClNO3. The van der Waals surface area contributed by atoms with E-state index in [1.165, 1.54) is 12.1 Å². The Bertz CT molecular complexity index is 661. The highest BCUT2D eigenvalue weighted by Gasteiger charge is 2.12. The van der Waals surface area contributed by atoms with Crippen molar-refractivity contribution in [1.29, 1.82) is 0 Å². The quantitative estimate of drug-likeness (QED) is 0.430. The highest BCUT2D eigenvalue weighted by Crippen LogP contribution is 2.31. The van der Waals surface area contributed by atoms with E-state index < -0.39 is 4.92 Å². The van der Waals surface area contributed by atoms with Crippen LogP contribution >= 0.6 is 27.5 Å². The summed E-state index contributed by atoms with van der Waals surface area (Å²) in [5, 5.41) is 10.7. The van der Waals surface area contributed by atoms with Crippen LogP contribution < -0.4 is 4.74 Å². The zero-order chi connectivity index (χ0) is 14.7. The van der Waals surface area contributed by atoms with Crippen molar-refractivity contribution in [2.24, 2.45) is 0 Å². The van der Waals surface area contributed by atoms with Crippen molar-refractivity contribution in [2.45, 2.75) is 12.8 Å². The molecule has 0 unspecified atom stereocenters. The van der Waals surface area contributed by atoms with Crippen molar-refractivity contribution in [3.05, 3.63) is 62.1 Å². The molecule has 0 radical (unpaired) electrons. The van der Waals surface area contributed by atoms with E-state index in [-0.39, 0.29) is 11.6 Å². The van der Waals surface area contributed by atoms with E-state index in [1.807, 2.05) is 25.1 Å². The van der Waals surface area contributed by atoms with Gasteiger partial charge in [0.25, 0.3) is 5.69 Å². The van der Waals surface area contributed by atoms with Crippen LogP contribution in [0.1, 0.15) is 11.1 Å². The standard InChI is InChI=1S/C14H11BrClNO3/c1-9-6-12(3-4-13(9)15)20-14-5-2-11(17(18)19)7-10(14)8-16/h2-7H,8H2,1H3. The van der Waals surface area contributed by atoms with Crippen molar-refractivity contribution in [1.82, 2.24) is 0 Å². The topological polar surface area (TPSA) is 52.4 Å². The number of hydrogen-bond acceptors (Lipinski definition) is 3. The lowest BCUT2D eigenvalue weighted by atomic mass is 10.2. The number of nitrogens with zero attached hydrogens (tertiary/aromatic N) is 1. The van der Waals surface area contributed by atoms with Crippen molar-refractivity contribution < 1.29 is 9.66 Å². The first kappa shape index (κ1) is 14.8. The maximum absolute atomic E-state index is 10.7. The fraction of sp³-hybridized carbons (Fsp3) is 0.143. The second-order valence-electron chi connectivity index (χ2n) is 4.20. The molecular weight excluding hydrogens is 346 g/mol. The van der Waals surface area contributed by atoms with Crippen molar-refractivity contribution in [3.63, 3.8) is 0 Å². The van der Waals surface area contributed by atoms with E-state index >= 15 is 0 Å². The molecule has 0 saturated heterocycles. The number of hydrogen-bond donors (Lipinski definition) is 0. The van der Waals surface area contributed by atoms with Gasteiger partial charge in [0.15, 0.2) is 0 Å². The van der Waals surface area contributed by atoms with Crippen LogP contribution in [-0.2, 0) is 5.88 Å². The summed E-state index contributed by atoms with van der Waals surface area (Å²) in [6, 6.07) is 9.97. The summed E-state index contributed by atoms with van der Waals surface area (Å²) in [6.45, 7) is 1.95. The number of alkyl halides is 1. The van der Waals surface area contributed by atoms with Crippen molar-refractivity contribution in [2.75, 3.05) is 0 Å². The van der Waals surface area contributed by atoms with E-state index in [1.54, 1.807) is 6.07 Å². The van der Waals surface area contributed by atoms with Crippen molar-refractivity contribution >= 4 is 33.2 Å². The van der Waals surface area contributed by atoms with E-state index in [0.29, 0.717) is 17.1 Å². The predicted molar refractivity (Wildman–Crippen MR) is 81.6 cm³/mol. The molecule has 2 rings (SSSR count). The summed E-state index contributed by atoms with van der Waals surface area (Å²) in [6.07, 6.45) is 0. The van der Waals surface area contributed by atoms with E-state index in [4.69, 9.17) is 16.3 Å². The van der Waals surface area contributed by atoms with E-state index in [9.17, 15) is 10.1 Å². The molecule has 0 fully saturated rings. The summed E-state index contributed by atoms with van der Waals surface area (Å²) in [4.78, 5) is 10.3. The Labute approximate surface area is 129 Å². The fourth-order valence-corrected chi connectivity index (χ4v) is 2.15. The van der Waals surface area contributed by atoms with Gasteiger partial charge in [-0.3, -0.25) is 10.1 Å². The summed E-state index contributed by atoms with van der Waals surface area (Å²) < 4.78 is 6.73. The molecule has 20 heavy (non-hydrogen) atoms. The molecule has 0 bridgehead atoms. The lowest BCUT2D eigenvalue weighted by Gasteiger charge is -2.10. The largest absolute Gasteiger partial charge is 0.457 e. The van der Waals surface area contributed by atoms with Gasteiger partial charge in [-0.25, -0.2) is 0 Å². The Morgan fingerprint density at radius 3 is 2.65 bits per heavy atom. The smallest absolute Gasteiger partial charge is 0.270 e. The molecule has 0 spiro atoms. The molecule has 0 N–H and O–H groups in total. The molecule has 2 aromatic rings. The van der Waals surface area contributed by atoms with Gasteiger partial charge in [0, 0.05) is 22.2 Å². The first-order valence-electron chi connectivity index (χ1n) is 5.78. The van der Waals surface area contributed by atoms with Crippen LogP contribution in [0.5, 0.6) is 11.5 Å². The Hall–Kier alpha value is -1.59. The maximum Gasteiger partial charge on any atom is 0.270 e. The minimum absolute atomic E-state index is 0.0000123. The number of ether oxygens (including phenoxy) is 1. The molecule has 104 valence electrons. The molecule has 0 aliphatic rings. The monoisotopic (exact) mass is 355 g/mol. The highest BCUT2D eigenvalue weighted by atomic mass is 79.9. The molecule has 6 heteroatoms. The molecule has 0 aliphatic carbocycles. The van der Waals surface area contributed by atoms with Crippen LogP contribution in [0.2, 0.25) is 0 Å². The molecule has 2 aromatic carbocycles. The van der Waals surface area contributed by atoms with Crippen molar-refractivity contribution in [3.8, 4) is 11.5 Å². The molecule has 0 atom stereocenters. The molecule has 0 aromatic heterocycles. The number of nitro benzene ring substituents is 1. The second-order valence-corrected chi connectivity index (χ2v) is 5.32. The SMILES string of the molecule is Cc1cc(Oc2ccc([N+](=O)[O-])cc2CCl)ccc1Br.